The van der Waals surface area contributed by atoms with Crippen LogP contribution in [0.25, 0.3) is 154 Å². The van der Waals surface area contributed by atoms with E-state index in [1.807, 2.05) is 0 Å². The second kappa shape index (κ2) is 18.5. The van der Waals surface area contributed by atoms with Crippen LogP contribution in [0.4, 0.5) is 0 Å². The maximum Gasteiger partial charge on any atom is 0.0971 e. The minimum atomic E-state index is 0.907. The Hall–Kier alpha value is -10.7. The zero-order valence-corrected chi connectivity index (χ0v) is 43.5. The van der Waals surface area contributed by atoms with Gasteiger partial charge in [-0.1, -0.05) is 194 Å². The molecular formula is C76H48N4. The molecule has 80 heavy (non-hydrogen) atoms. The molecule has 372 valence electrons. The average molecular weight is 1020 g/mol. The van der Waals surface area contributed by atoms with Crippen molar-refractivity contribution in [3.05, 3.63) is 291 Å². The molecule has 0 N–H and O–H groups in total. The van der Waals surface area contributed by atoms with Crippen molar-refractivity contribution in [3.63, 3.8) is 0 Å². The molecule has 0 amide bonds. The molecule has 0 bridgehead atoms. The highest BCUT2D eigenvalue weighted by Gasteiger charge is 2.17. The highest BCUT2D eigenvalue weighted by molar-refractivity contribution is 6.24. The van der Waals surface area contributed by atoms with Gasteiger partial charge in [-0.2, -0.15) is 0 Å². The van der Waals surface area contributed by atoms with E-state index in [9.17, 15) is 0 Å². The molecule has 3 aromatic heterocycles. The lowest BCUT2D eigenvalue weighted by Crippen LogP contribution is -1.94. The Morgan fingerprint density at radius 1 is 0.188 bits per heavy atom. The average Bonchev–Trinajstić information content (AvgIpc) is 4.24. The van der Waals surface area contributed by atoms with Gasteiger partial charge in [0.05, 0.1) is 33.1 Å². The van der Waals surface area contributed by atoms with Crippen LogP contribution in [0.1, 0.15) is 0 Å². The van der Waals surface area contributed by atoms with Crippen LogP contribution >= 0.6 is 0 Å². The van der Waals surface area contributed by atoms with E-state index in [0.29, 0.717) is 0 Å². The van der Waals surface area contributed by atoms with Gasteiger partial charge in [0.2, 0.25) is 0 Å². The third-order valence-electron chi connectivity index (χ3n) is 16.4. The molecule has 0 saturated carbocycles. The van der Waals surface area contributed by atoms with Crippen LogP contribution in [0.3, 0.4) is 0 Å². The van der Waals surface area contributed by atoms with Gasteiger partial charge in [-0.25, -0.2) is 0 Å². The molecule has 4 nitrogen and oxygen atoms in total. The predicted molar refractivity (Wildman–Crippen MR) is 336 cm³/mol. The van der Waals surface area contributed by atoms with Gasteiger partial charge in [0, 0.05) is 56.1 Å². The summed E-state index contributed by atoms with van der Waals surface area (Å²) in [5, 5.41) is 9.51. The highest BCUT2D eigenvalue weighted by Crippen LogP contribution is 2.41. The summed E-state index contributed by atoms with van der Waals surface area (Å²) < 4.78 is 4.77. The predicted octanol–water partition coefficient (Wildman–Crippen LogP) is 20.1. The van der Waals surface area contributed by atoms with Gasteiger partial charge in [-0.3, -0.25) is 9.97 Å². The van der Waals surface area contributed by atoms with E-state index in [-0.39, 0.29) is 0 Å². The first-order valence-electron chi connectivity index (χ1n) is 27.4. The molecule has 0 fully saturated rings. The van der Waals surface area contributed by atoms with Gasteiger partial charge in [-0.15, -0.1) is 0 Å². The molecule has 13 aromatic carbocycles. The molecular weight excluding hydrogens is 969 g/mol. The second-order valence-electron chi connectivity index (χ2n) is 20.9. The van der Waals surface area contributed by atoms with E-state index in [4.69, 9.17) is 9.97 Å². The number of hydrogen-bond donors (Lipinski definition) is 0. The second-order valence-corrected chi connectivity index (χ2v) is 20.9. The Bertz CT molecular complexity index is 4720. The fourth-order valence-corrected chi connectivity index (χ4v) is 12.6. The summed E-state index contributed by atoms with van der Waals surface area (Å²) in [5.74, 6) is 0. The van der Waals surface area contributed by atoms with Gasteiger partial charge >= 0.3 is 0 Å². The van der Waals surface area contributed by atoms with Crippen LogP contribution in [0.2, 0.25) is 0 Å². The number of aromatic nitrogens is 4. The first-order valence-corrected chi connectivity index (χ1v) is 27.4. The molecule has 0 aliphatic heterocycles. The fraction of sp³-hybridized carbons (Fsp3) is 0. The number of hydrogen-bond acceptors (Lipinski definition) is 2. The molecule has 0 atom stereocenters. The molecule has 16 rings (SSSR count). The molecule has 0 aliphatic carbocycles. The molecule has 3 heterocycles. The van der Waals surface area contributed by atoms with Gasteiger partial charge in [-0.05, 0) is 162 Å². The van der Waals surface area contributed by atoms with Crippen LogP contribution in [0.15, 0.2) is 291 Å². The van der Waals surface area contributed by atoms with Crippen LogP contribution in [0, 0.1) is 0 Å². The quantitative estimate of drug-likeness (QED) is 0.142. The Morgan fingerprint density at radius 3 is 0.762 bits per heavy atom. The molecule has 0 unspecified atom stereocenters. The van der Waals surface area contributed by atoms with Crippen molar-refractivity contribution in [1.29, 1.82) is 0 Å². The summed E-state index contributed by atoms with van der Waals surface area (Å²) >= 11 is 0. The van der Waals surface area contributed by atoms with E-state index in [1.54, 1.807) is 12.4 Å². The number of nitrogens with zero attached hydrogens (tertiary/aromatic N) is 4. The minimum Gasteiger partial charge on any atom is -0.309 e. The summed E-state index contributed by atoms with van der Waals surface area (Å²) in [6.45, 7) is 0. The maximum absolute atomic E-state index is 4.93. The van der Waals surface area contributed by atoms with Gasteiger partial charge in [0.15, 0.2) is 0 Å². The first-order chi connectivity index (χ1) is 39.6. The van der Waals surface area contributed by atoms with Crippen LogP contribution in [-0.4, -0.2) is 19.1 Å². The normalized spacial score (nSPS) is 11.8. The molecule has 0 radical (unpaired) electrons. The van der Waals surface area contributed by atoms with E-state index in [1.165, 1.54) is 77.0 Å². The third-order valence-corrected chi connectivity index (χ3v) is 16.4. The Morgan fingerprint density at radius 2 is 0.450 bits per heavy atom. The van der Waals surface area contributed by atoms with E-state index >= 15 is 0 Å². The van der Waals surface area contributed by atoms with Gasteiger partial charge < -0.3 is 9.13 Å². The van der Waals surface area contributed by atoms with Crippen molar-refractivity contribution in [2.75, 3.05) is 0 Å². The lowest BCUT2D eigenvalue weighted by molar-refractivity contribution is 1.18. The summed E-state index contributed by atoms with van der Waals surface area (Å²) in [6.07, 6.45) is 3.61. The largest absolute Gasteiger partial charge is 0.309 e. The summed E-state index contributed by atoms with van der Waals surface area (Å²) in [7, 11) is 0. The topological polar surface area (TPSA) is 35.6 Å². The minimum absolute atomic E-state index is 0.907. The van der Waals surface area contributed by atoms with Crippen LogP contribution in [0.5, 0.6) is 0 Å². The fourth-order valence-electron chi connectivity index (χ4n) is 12.6. The monoisotopic (exact) mass is 1020 g/mol. The number of benzene rings is 13. The third kappa shape index (κ3) is 7.53. The van der Waals surface area contributed by atoms with Gasteiger partial charge in [0.1, 0.15) is 0 Å². The summed E-state index contributed by atoms with van der Waals surface area (Å²) in [5.41, 5.74) is 22.9. The Labute approximate surface area is 462 Å². The zero-order chi connectivity index (χ0) is 52.7. The highest BCUT2D eigenvalue weighted by atomic mass is 15.0. The van der Waals surface area contributed by atoms with Crippen molar-refractivity contribution in [2.45, 2.75) is 0 Å². The van der Waals surface area contributed by atoms with E-state index in [2.05, 4.69) is 288 Å². The number of rotatable bonds is 8. The molecule has 16 aromatic rings. The van der Waals surface area contributed by atoms with Crippen molar-refractivity contribution in [1.82, 2.24) is 19.1 Å². The van der Waals surface area contributed by atoms with Crippen LogP contribution < -0.4 is 0 Å². The van der Waals surface area contributed by atoms with E-state index < -0.39 is 0 Å². The van der Waals surface area contributed by atoms with Crippen LogP contribution in [-0.2, 0) is 0 Å². The SMILES string of the molecule is c1cc(-c2cccc(-c3ccc4c(c3)c3cc(-c5cccc(-c6cccc(-c7cccc(-n8c9ccccc9c9ccccc98)c7)c6)c5)ccc3c3nccnc43)c2)cc(-c2cccc(-n3c4ccccc4c4ccccc43)c2)c1. The zero-order valence-electron chi connectivity index (χ0n) is 43.5. The van der Waals surface area contributed by atoms with Crippen molar-refractivity contribution in [2.24, 2.45) is 0 Å². The molecule has 0 spiro atoms. The van der Waals surface area contributed by atoms with Gasteiger partial charge in [0.25, 0.3) is 0 Å². The molecule has 0 aliphatic rings. The Kier molecular flexibility index (Phi) is 10.5. The summed E-state index contributed by atoms with van der Waals surface area (Å²) in [4.78, 5) is 9.85. The number of fused-ring (bicyclic) bond motifs is 12. The number of para-hydroxylation sites is 4. The maximum atomic E-state index is 4.93. The molecule has 0 saturated heterocycles. The van der Waals surface area contributed by atoms with Crippen molar-refractivity contribution >= 4 is 76.2 Å². The smallest absolute Gasteiger partial charge is 0.0971 e. The lowest BCUT2D eigenvalue weighted by Gasteiger charge is -2.14. The standard InChI is InChI=1S/C76H48N4/c1-5-31-71-63(27-1)64-28-2-6-32-72(64)79(71)61-25-13-23-57(45-61)53-19-9-15-49(41-53)51-17-11-21-55(43-51)59-35-37-67-69(47-59)70-48-60(36-38-68(70)76-75(67)77-39-40-78-76)56-22-12-18-52(44-56)50-16-10-20-54(42-50)58-24-14-26-62(46-58)80-73-33-7-3-29-65(73)66-30-4-8-34-74(66)80/h1-48H. The molecule has 4 heteroatoms. The Balaban J connectivity index is 0.739. The van der Waals surface area contributed by atoms with Crippen molar-refractivity contribution in [3.8, 4) is 78.1 Å². The van der Waals surface area contributed by atoms with E-state index in [0.717, 1.165) is 77.3 Å². The first kappa shape index (κ1) is 45.5. The van der Waals surface area contributed by atoms with Crippen molar-refractivity contribution < 1.29 is 0 Å². The lowest BCUT2D eigenvalue weighted by atomic mass is 9.91. The summed E-state index contributed by atoms with van der Waals surface area (Å²) in [6, 6.07) is 102.